The molecule has 18 nitrogen and oxygen atoms in total. The summed E-state index contributed by atoms with van der Waals surface area (Å²) in [6.07, 6.45) is -6.01. The summed E-state index contributed by atoms with van der Waals surface area (Å²) in [5.74, 6) is -7.76. The molecule has 1 aromatic heterocycles. The summed E-state index contributed by atoms with van der Waals surface area (Å²) in [5.41, 5.74) is -1.35. The van der Waals surface area contributed by atoms with Crippen LogP contribution in [0.3, 0.4) is 0 Å². The summed E-state index contributed by atoms with van der Waals surface area (Å²) >= 11 is 0. The lowest BCUT2D eigenvalue weighted by Gasteiger charge is -2.24. The number of benzene rings is 2. The van der Waals surface area contributed by atoms with Crippen LogP contribution in [0.25, 0.3) is 22.3 Å². The van der Waals surface area contributed by atoms with Crippen LogP contribution in [0.15, 0.2) is 39.5 Å². The molecule has 0 radical (unpaired) electrons. The number of rotatable bonds is 11. The summed E-state index contributed by atoms with van der Waals surface area (Å²) in [4.78, 5) is 98.0. The highest BCUT2D eigenvalue weighted by Crippen LogP contribution is 2.41. The molecule has 3 aromatic rings. The predicted molar refractivity (Wildman–Crippen MR) is 170 cm³/mol. The van der Waals surface area contributed by atoms with Crippen molar-refractivity contribution in [2.45, 2.75) is 73.1 Å². The van der Waals surface area contributed by atoms with E-state index in [9.17, 15) is 38.4 Å². The van der Waals surface area contributed by atoms with Gasteiger partial charge in [0.05, 0.1) is 0 Å². The highest BCUT2D eigenvalue weighted by molar-refractivity contribution is 5.91. The first kappa shape index (κ1) is 38.5. The van der Waals surface area contributed by atoms with Crippen LogP contribution in [0.4, 0.5) is 0 Å². The molecule has 4 rings (SSSR count). The molecule has 1 aliphatic rings. The summed E-state index contributed by atoms with van der Waals surface area (Å²) in [5, 5.41) is -0.392. The molecule has 0 unspecified atom stereocenters. The van der Waals surface area contributed by atoms with Crippen molar-refractivity contribution >= 4 is 52.8 Å². The minimum Gasteiger partial charge on any atom is -0.463 e. The molecule has 276 valence electrons. The van der Waals surface area contributed by atoms with Gasteiger partial charge < -0.3 is 47.0 Å². The summed E-state index contributed by atoms with van der Waals surface area (Å²) in [6, 6.07) is 5.93. The van der Waals surface area contributed by atoms with E-state index in [-0.39, 0.29) is 28.4 Å². The molecule has 18 heteroatoms. The topological polar surface area (TPSA) is 233 Å². The summed E-state index contributed by atoms with van der Waals surface area (Å²) in [6.45, 7) is 7.08. The first-order valence-corrected chi connectivity index (χ1v) is 15.3. The molecular weight excluding hydrogens is 696 g/mol. The van der Waals surface area contributed by atoms with E-state index >= 15 is 0 Å². The number of fused-ring (bicyclic) bond motifs is 1. The largest absolute Gasteiger partial charge is 0.463 e. The normalized spacial score (nSPS) is 17.8. The van der Waals surface area contributed by atoms with Crippen molar-refractivity contribution in [1.29, 1.82) is 0 Å². The van der Waals surface area contributed by atoms with Gasteiger partial charge in [-0.2, -0.15) is 0 Å². The van der Waals surface area contributed by atoms with Gasteiger partial charge >= 0.3 is 41.8 Å². The van der Waals surface area contributed by atoms with Gasteiger partial charge in [-0.3, -0.25) is 38.4 Å². The van der Waals surface area contributed by atoms with Crippen LogP contribution >= 0.6 is 0 Å². The van der Waals surface area contributed by atoms with Gasteiger partial charge in [0.2, 0.25) is 23.6 Å². The van der Waals surface area contributed by atoms with Crippen LogP contribution in [0, 0.1) is 0 Å². The van der Waals surface area contributed by atoms with Gasteiger partial charge in [-0.15, -0.1) is 0 Å². The fourth-order valence-electron chi connectivity index (χ4n) is 5.01. The number of ether oxygens (including phenoxy) is 9. The van der Waals surface area contributed by atoms with Crippen LogP contribution in [0.5, 0.6) is 28.7 Å². The minimum absolute atomic E-state index is 0.0388. The third-order valence-corrected chi connectivity index (χ3v) is 6.68. The lowest BCUT2D eigenvalue weighted by Crippen LogP contribution is -2.42. The molecule has 1 saturated heterocycles. The first-order chi connectivity index (χ1) is 24.4. The van der Waals surface area contributed by atoms with E-state index < -0.39 is 101 Å². The molecule has 0 bridgehead atoms. The van der Waals surface area contributed by atoms with E-state index in [0.29, 0.717) is 0 Å². The highest BCUT2D eigenvalue weighted by Gasteiger charge is 2.52. The molecule has 0 N–H and O–H groups in total. The number of esters is 7. The lowest BCUT2D eigenvalue weighted by molar-refractivity contribution is -0.170. The minimum atomic E-state index is -1.75. The van der Waals surface area contributed by atoms with E-state index in [1.165, 1.54) is 18.2 Å². The molecule has 0 amide bonds. The van der Waals surface area contributed by atoms with Crippen molar-refractivity contribution in [2.75, 3.05) is 6.61 Å². The van der Waals surface area contributed by atoms with Crippen LogP contribution in [-0.4, -0.2) is 73.0 Å². The Bertz CT molecular complexity index is 2010. The third-order valence-electron chi connectivity index (χ3n) is 6.68. The molecule has 1 aliphatic heterocycles. The van der Waals surface area contributed by atoms with Crippen LogP contribution in [-0.2, 0) is 52.5 Å². The number of carbonyl (C=O) groups excluding carboxylic acids is 7. The van der Waals surface area contributed by atoms with E-state index in [4.69, 9.17) is 47.0 Å². The Morgan fingerprint density at radius 2 is 1.21 bits per heavy atom. The summed E-state index contributed by atoms with van der Waals surface area (Å²) < 4.78 is 54.7. The monoisotopic (exact) mass is 728 g/mol. The predicted octanol–water partition coefficient (Wildman–Crippen LogP) is 2.69. The SMILES string of the molecule is CC(=O)OC[C@@H]1O[C@@H](Oc2c(-c3ccc(OC(C)=O)c(OC(C)=O)c3)oc3cc(OC(C)=O)cc(OC(C)=O)c3c2=O)[C@H](OC(C)=O)[C@H]1OC(C)=O. The lowest BCUT2D eigenvalue weighted by atomic mass is 10.1. The number of carbonyl (C=O) groups is 7. The Morgan fingerprint density at radius 1 is 0.635 bits per heavy atom. The van der Waals surface area contributed by atoms with Crippen molar-refractivity contribution in [3.8, 4) is 40.1 Å². The van der Waals surface area contributed by atoms with Crippen LogP contribution in [0.2, 0.25) is 0 Å². The fraction of sp³-hybridized carbons (Fsp3) is 0.353. The zero-order chi connectivity index (χ0) is 38.4. The van der Waals surface area contributed by atoms with Crippen molar-refractivity contribution in [3.63, 3.8) is 0 Å². The zero-order valence-electron chi connectivity index (χ0n) is 28.8. The zero-order valence-corrected chi connectivity index (χ0v) is 28.8. The van der Waals surface area contributed by atoms with E-state index in [0.717, 1.165) is 60.6 Å². The molecule has 0 saturated carbocycles. The molecule has 4 atom stereocenters. The smallest absolute Gasteiger partial charge is 0.308 e. The first-order valence-electron chi connectivity index (χ1n) is 15.3. The van der Waals surface area contributed by atoms with Gasteiger partial charge in [0, 0.05) is 66.2 Å². The van der Waals surface area contributed by atoms with Gasteiger partial charge in [-0.05, 0) is 18.2 Å². The second-order valence-corrected chi connectivity index (χ2v) is 11.0. The quantitative estimate of drug-likeness (QED) is 0.157. The molecule has 2 aromatic carbocycles. The van der Waals surface area contributed by atoms with E-state index in [2.05, 4.69) is 0 Å². The van der Waals surface area contributed by atoms with Gasteiger partial charge in [-0.25, -0.2) is 0 Å². The van der Waals surface area contributed by atoms with Gasteiger partial charge in [0.1, 0.15) is 35.2 Å². The molecular formula is C34H32O18. The van der Waals surface area contributed by atoms with E-state index in [1.54, 1.807) is 0 Å². The standard InChI is InChI=1S/C34H32O18/c1-14(35)43-13-27-31(48-19(6)40)33(49-20(7)41)34(51-27)52-32-29(42)28-25(47-18(5)39)11-22(44-15(2)36)12-26(28)50-30(32)21-8-9-23(45-16(3)37)24(10-21)46-17(4)38/h8-12,27,31,33-34H,13H2,1-7H3/t27-,31-,33+,34-/m0/s1. The molecule has 2 heterocycles. The Kier molecular flexibility index (Phi) is 12.0. The average molecular weight is 729 g/mol. The maximum Gasteiger partial charge on any atom is 0.308 e. The van der Waals surface area contributed by atoms with Crippen molar-refractivity contribution in [1.82, 2.24) is 0 Å². The molecule has 1 fully saturated rings. The Labute approximate surface area is 293 Å². The van der Waals surface area contributed by atoms with Crippen LogP contribution < -0.4 is 29.1 Å². The average Bonchev–Trinajstić information content (AvgIpc) is 3.30. The second kappa shape index (κ2) is 16.2. The van der Waals surface area contributed by atoms with Crippen molar-refractivity contribution < 1.29 is 80.6 Å². The van der Waals surface area contributed by atoms with E-state index in [1.807, 2.05) is 0 Å². The maximum atomic E-state index is 14.4. The Morgan fingerprint density at radius 3 is 1.79 bits per heavy atom. The van der Waals surface area contributed by atoms with Crippen LogP contribution in [0.1, 0.15) is 48.5 Å². The third kappa shape index (κ3) is 9.48. The fourth-order valence-corrected chi connectivity index (χ4v) is 5.01. The molecule has 52 heavy (non-hydrogen) atoms. The van der Waals surface area contributed by atoms with Gasteiger partial charge in [0.15, 0.2) is 23.4 Å². The highest BCUT2D eigenvalue weighted by atomic mass is 16.7. The Hall–Kier alpha value is -6.30. The van der Waals surface area contributed by atoms with Crippen molar-refractivity contribution in [2.24, 2.45) is 0 Å². The summed E-state index contributed by atoms with van der Waals surface area (Å²) in [7, 11) is 0. The second-order valence-electron chi connectivity index (χ2n) is 11.0. The van der Waals surface area contributed by atoms with Gasteiger partial charge in [-0.1, -0.05) is 0 Å². The molecule has 0 spiro atoms. The number of hydrogen-bond donors (Lipinski definition) is 0. The van der Waals surface area contributed by atoms with Gasteiger partial charge in [0.25, 0.3) is 0 Å². The molecule has 0 aliphatic carbocycles. The number of hydrogen-bond acceptors (Lipinski definition) is 18. The van der Waals surface area contributed by atoms with Crippen molar-refractivity contribution in [3.05, 3.63) is 40.6 Å². The maximum absolute atomic E-state index is 14.4. The Balaban J connectivity index is 2.02.